The van der Waals surface area contributed by atoms with Gasteiger partial charge in [-0.3, -0.25) is 4.79 Å². The average Bonchev–Trinajstić information content (AvgIpc) is 2.50. The summed E-state index contributed by atoms with van der Waals surface area (Å²) in [4.78, 5) is 13.3. The topological polar surface area (TPSA) is 84.9 Å². The number of halogens is 1. The van der Waals surface area contributed by atoms with Crippen molar-refractivity contribution in [2.45, 2.75) is 0 Å². The summed E-state index contributed by atoms with van der Waals surface area (Å²) in [6.45, 7) is 0. The van der Waals surface area contributed by atoms with Crippen molar-refractivity contribution < 1.29 is 4.52 Å². The van der Waals surface area contributed by atoms with Crippen LogP contribution in [0.2, 0.25) is 5.02 Å². The highest BCUT2D eigenvalue weighted by atomic mass is 35.5. The van der Waals surface area contributed by atoms with Gasteiger partial charge in [0.2, 0.25) is 5.56 Å². The van der Waals surface area contributed by atoms with Gasteiger partial charge in [0.05, 0.1) is 0 Å². The van der Waals surface area contributed by atoms with E-state index in [0.717, 1.165) is 0 Å². The lowest BCUT2D eigenvalue weighted by atomic mass is 10.2. The van der Waals surface area contributed by atoms with E-state index in [1.807, 2.05) is 0 Å². The van der Waals surface area contributed by atoms with Crippen molar-refractivity contribution in [2.75, 3.05) is 5.73 Å². The Morgan fingerprint density at radius 3 is 2.79 bits per heavy atom. The Bertz CT molecular complexity index is 497. The van der Waals surface area contributed by atoms with Crippen molar-refractivity contribution >= 4 is 17.4 Å². The summed E-state index contributed by atoms with van der Waals surface area (Å²) in [7, 11) is 0. The fourth-order valence-electron chi connectivity index (χ4n) is 1.02. The summed E-state index contributed by atoms with van der Waals surface area (Å²) in [5.41, 5.74) is 5.83. The monoisotopic (exact) mass is 211 g/mol. The standard InChI is InChI=1S/C8H6ClN3O2/c9-6-7(14-12-8(6)10)4-1-2-5(13)11-3-4/h1-3H,(H2,10,12)(H,11,13). The molecule has 0 aliphatic carbocycles. The highest BCUT2D eigenvalue weighted by Crippen LogP contribution is 2.30. The first-order valence-corrected chi connectivity index (χ1v) is 4.16. The largest absolute Gasteiger partial charge is 0.380 e. The smallest absolute Gasteiger partial charge is 0.247 e. The Morgan fingerprint density at radius 1 is 1.50 bits per heavy atom. The molecule has 2 aromatic heterocycles. The lowest BCUT2D eigenvalue weighted by Crippen LogP contribution is -2.01. The zero-order chi connectivity index (χ0) is 10.1. The van der Waals surface area contributed by atoms with Crippen molar-refractivity contribution in [3.8, 4) is 11.3 Å². The summed E-state index contributed by atoms with van der Waals surface area (Å²) >= 11 is 5.81. The molecule has 0 atom stereocenters. The second kappa shape index (κ2) is 3.19. The Morgan fingerprint density at radius 2 is 2.29 bits per heavy atom. The molecule has 0 spiro atoms. The molecule has 2 aromatic rings. The van der Waals surface area contributed by atoms with E-state index in [2.05, 4.69) is 10.1 Å². The number of pyridine rings is 1. The molecular weight excluding hydrogens is 206 g/mol. The number of nitrogen functional groups attached to an aromatic ring is 1. The fraction of sp³-hybridized carbons (Fsp3) is 0. The van der Waals surface area contributed by atoms with Crippen LogP contribution in [0, 0.1) is 0 Å². The molecular formula is C8H6ClN3O2. The van der Waals surface area contributed by atoms with E-state index in [1.165, 1.54) is 12.3 Å². The maximum atomic E-state index is 10.8. The lowest BCUT2D eigenvalue weighted by Gasteiger charge is -1.93. The quantitative estimate of drug-likeness (QED) is 0.744. The number of hydrogen-bond acceptors (Lipinski definition) is 4. The average molecular weight is 212 g/mol. The van der Waals surface area contributed by atoms with Crippen molar-refractivity contribution in [2.24, 2.45) is 0 Å². The fourth-order valence-corrected chi connectivity index (χ4v) is 1.20. The number of rotatable bonds is 1. The molecule has 5 nitrogen and oxygen atoms in total. The van der Waals surface area contributed by atoms with Crippen molar-refractivity contribution in [1.82, 2.24) is 10.1 Å². The maximum absolute atomic E-state index is 10.8. The molecule has 3 N–H and O–H groups in total. The summed E-state index contributed by atoms with van der Waals surface area (Å²) in [6.07, 6.45) is 1.48. The van der Waals surface area contributed by atoms with E-state index in [1.54, 1.807) is 6.07 Å². The van der Waals surface area contributed by atoms with E-state index in [-0.39, 0.29) is 16.4 Å². The zero-order valence-electron chi connectivity index (χ0n) is 6.95. The van der Waals surface area contributed by atoms with Gasteiger partial charge in [0, 0.05) is 17.8 Å². The molecule has 0 aliphatic rings. The van der Waals surface area contributed by atoms with Crippen LogP contribution in [-0.4, -0.2) is 10.1 Å². The molecule has 14 heavy (non-hydrogen) atoms. The number of aromatic amines is 1. The molecule has 2 heterocycles. The molecule has 0 aliphatic heterocycles. The minimum absolute atomic E-state index is 0.132. The molecule has 0 aromatic carbocycles. The van der Waals surface area contributed by atoms with E-state index >= 15 is 0 Å². The van der Waals surface area contributed by atoms with Gasteiger partial charge in [-0.1, -0.05) is 16.8 Å². The Balaban J connectivity index is 2.55. The number of aromatic nitrogens is 2. The van der Waals surface area contributed by atoms with E-state index in [9.17, 15) is 4.79 Å². The normalized spacial score (nSPS) is 10.4. The Hall–Kier alpha value is -1.75. The van der Waals surface area contributed by atoms with E-state index < -0.39 is 0 Å². The van der Waals surface area contributed by atoms with Crippen molar-refractivity contribution in [3.63, 3.8) is 0 Å². The summed E-state index contributed by atoms with van der Waals surface area (Å²) < 4.78 is 4.89. The van der Waals surface area contributed by atoms with E-state index in [0.29, 0.717) is 11.3 Å². The number of nitrogens with one attached hydrogen (secondary N) is 1. The van der Waals surface area contributed by atoms with Crippen molar-refractivity contribution in [1.29, 1.82) is 0 Å². The molecule has 2 rings (SSSR count). The van der Waals surface area contributed by atoms with Gasteiger partial charge in [-0.25, -0.2) is 0 Å². The van der Waals surface area contributed by atoms with Gasteiger partial charge in [-0.2, -0.15) is 0 Å². The van der Waals surface area contributed by atoms with Gasteiger partial charge < -0.3 is 15.2 Å². The third-order valence-corrected chi connectivity index (χ3v) is 2.07. The molecule has 0 saturated heterocycles. The van der Waals surface area contributed by atoms with Gasteiger partial charge in [0.25, 0.3) is 0 Å². The molecule has 0 saturated carbocycles. The Kier molecular flexibility index (Phi) is 2.01. The number of anilines is 1. The number of hydrogen-bond donors (Lipinski definition) is 2. The van der Waals surface area contributed by atoms with Crippen LogP contribution in [-0.2, 0) is 0 Å². The number of nitrogens with zero attached hydrogens (tertiary/aromatic N) is 1. The summed E-state index contributed by atoms with van der Waals surface area (Å²) in [6, 6.07) is 2.94. The van der Waals surface area contributed by atoms with Crippen LogP contribution in [0.15, 0.2) is 27.6 Å². The first-order valence-electron chi connectivity index (χ1n) is 3.78. The summed E-state index contributed by atoms with van der Waals surface area (Å²) in [5, 5.41) is 3.74. The molecule has 6 heteroatoms. The van der Waals surface area contributed by atoms with Gasteiger partial charge in [0.15, 0.2) is 11.6 Å². The predicted octanol–water partition coefficient (Wildman–Crippen LogP) is 1.27. The van der Waals surface area contributed by atoms with Crippen molar-refractivity contribution in [3.05, 3.63) is 33.7 Å². The van der Waals surface area contributed by atoms with Crippen LogP contribution in [0.25, 0.3) is 11.3 Å². The first kappa shape index (κ1) is 8.83. The minimum Gasteiger partial charge on any atom is -0.380 e. The van der Waals surface area contributed by atoms with Gasteiger partial charge in [-0.15, -0.1) is 0 Å². The molecule has 72 valence electrons. The lowest BCUT2D eigenvalue weighted by molar-refractivity contribution is 0.435. The van der Waals surface area contributed by atoms with Crippen LogP contribution in [0.1, 0.15) is 0 Å². The molecule has 0 amide bonds. The van der Waals surface area contributed by atoms with E-state index in [4.69, 9.17) is 21.9 Å². The SMILES string of the molecule is Nc1noc(-c2ccc(=O)[nH]c2)c1Cl. The van der Waals surface area contributed by atoms with Crippen LogP contribution >= 0.6 is 11.6 Å². The van der Waals surface area contributed by atoms with Crippen LogP contribution in [0.3, 0.4) is 0 Å². The van der Waals surface area contributed by atoms with Gasteiger partial charge >= 0.3 is 0 Å². The highest BCUT2D eigenvalue weighted by molar-refractivity contribution is 6.35. The summed E-state index contributed by atoms with van der Waals surface area (Å²) in [5.74, 6) is 0.480. The third-order valence-electron chi connectivity index (χ3n) is 1.71. The maximum Gasteiger partial charge on any atom is 0.247 e. The Labute approximate surface area is 83.5 Å². The highest BCUT2D eigenvalue weighted by Gasteiger charge is 2.12. The first-order chi connectivity index (χ1) is 6.68. The third kappa shape index (κ3) is 1.38. The number of H-pyrrole nitrogens is 1. The molecule has 0 bridgehead atoms. The van der Waals surface area contributed by atoms with Crippen LogP contribution in [0.4, 0.5) is 5.82 Å². The number of nitrogens with two attached hydrogens (primary N) is 1. The second-order valence-corrected chi connectivity index (χ2v) is 3.03. The minimum atomic E-state index is -0.197. The van der Waals surface area contributed by atoms with Crippen LogP contribution in [0.5, 0.6) is 0 Å². The van der Waals surface area contributed by atoms with Gasteiger partial charge in [-0.05, 0) is 6.07 Å². The molecule has 0 fully saturated rings. The van der Waals surface area contributed by atoms with Crippen LogP contribution < -0.4 is 11.3 Å². The predicted molar refractivity (Wildman–Crippen MR) is 52.0 cm³/mol. The van der Waals surface area contributed by atoms with Gasteiger partial charge in [0.1, 0.15) is 5.02 Å². The zero-order valence-corrected chi connectivity index (χ0v) is 7.71. The molecule has 0 radical (unpaired) electrons. The molecule has 0 unspecified atom stereocenters. The second-order valence-electron chi connectivity index (χ2n) is 2.65.